The second kappa shape index (κ2) is 5.82. The molecule has 0 atom stereocenters. The Morgan fingerprint density at radius 2 is 2.10 bits per heavy atom. The van der Waals surface area contributed by atoms with E-state index in [-0.39, 0.29) is 11.5 Å². The topological polar surface area (TPSA) is 126 Å². The van der Waals surface area contributed by atoms with Crippen molar-refractivity contribution in [3.8, 4) is 0 Å². The molecule has 0 saturated heterocycles. The molecule has 0 aliphatic heterocycles. The predicted octanol–water partition coefficient (Wildman–Crippen LogP) is 0.806. The number of carbonyl (C=O) groups excluding carboxylic acids is 1. The molecule has 108 valence electrons. The lowest BCUT2D eigenvalue weighted by Crippen LogP contribution is -2.16. The molecular weight excluding hydrogens is 278 g/mol. The molecule has 2 rings (SSSR count). The van der Waals surface area contributed by atoms with Crippen molar-refractivity contribution in [2.24, 2.45) is 17.9 Å². The summed E-state index contributed by atoms with van der Waals surface area (Å²) < 4.78 is 1.04. The average molecular weight is 289 g/mol. The highest BCUT2D eigenvalue weighted by molar-refractivity contribution is 5.98. The number of hydrogen-bond donors (Lipinski definition) is 1. The molecule has 0 amide bonds. The molecule has 1 heterocycles. The van der Waals surface area contributed by atoms with Gasteiger partial charge in [0.2, 0.25) is 5.69 Å². The van der Waals surface area contributed by atoms with E-state index >= 15 is 0 Å². The number of oxime groups is 1. The maximum atomic E-state index is 11.8. The summed E-state index contributed by atoms with van der Waals surface area (Å²) in [5, 5.41) is 17.9. The number of amidine groups is 1. The van der Waals surface area contributed by atoms with Crippen LogP contribution >= 0.6 is 0 Å². The Morgan fingerprint density at radius 3 is 2.71 bits per heavy atom. The number of benzene rings is 1. The molecule has 21 heavy (non-hydrogen) atoms. The number of rotatable bonds is 4. The van der Waals surface area contributed by atoms with Crippen LogP contribution in [0.15, 0.2) is 41.7 Å². The number of hydrogen-bond acceptors (Lipinski definition) is 6. The van der Waals surface area contributed by atoms with Crippen LogP contribution in [0.1, 0.15) is 16.1 Å². The van der Waals surface area contributed by atoms with Crippen molar-refractivity contribution < 1.29 is 14.6 Å². The minimum atomic E-state index is -1.01. The monoisotopic (exact) mass is 289 g/mol. The van der Waals surface area contributed by atoms with Crippen LogP contribution < -0.4 is 5.73 Å². The van der Waals surface area contributed by atoms with Gasteiger partial charge in [0.05, 0.1) is 4.92 Å². The summed E-state index contributed by atoms with van der Waals surface area (Å²) in [6, 6.07) is 8.64. The van der Waals surface area contributed by atoms with E-state index in [1.165, 1.54) is 7.05 Å². The molecule has 0 bridgehead atoms. The van der Waals surface area contributed by atoms with Crippen LogP contribution in [-0.4, -0.2) is 26.5 Å². The van der Waals surface area contributed by atoms with Gasteiger partial charge in [0, 0.05) is 12.6 Å². The average Bonchev–Trinajstić information content (AvgIpc) is 2.87. The van der Waals surface area contributed by atoms with Gasteiger partial charge < -0.3 is 10.6 Å². The number of nitrogens with zero attached hydrogens (tertiary/aromatic N) is 4. The first-order valence-electron chi connectivity index (χ1n) is 5.77. The zero-order valence-corrected chi connectivity index (χ0v) is 11.0. The van der Waals surface area contributed by atoms with Crippen molar-refractivity contribution in [3.63, 3.8) is 0 Å². The predicted molar refractivity (Wildman–Crippen MR) is 72.4 cm³/mol. The van der Waals surface area contributed by atoms with Crippen LogP contribution in [0.25, 0.3) is 0 Å². The van der Waals surface area contributed by atoms with E-state index in [4.69, 9.17) is 5.73 Å². The summed E-state index contributed by atoms with van der Waals surface area (Å²) in [6.07, 6.45) is 0.959. The van der Waals surface area contributed by atoms with Gasteiger partial charge in [0.1, 0.15) is 6.20 Å². The minimum Gasteiger partial charge on any atom is -0.380 e. The highest BCUT2D eigenvalue weighted by Gasteiger charge is 2.27. The van der Waals surface area contributed by atoms with E-state index < -0.39 is 16.6 Å². The molecule has 1 aromatic carbocycles. The summed E-state index contributed by atoms with van der Waals surface area (Å²) in [5.41, 5.74) is 5.43. The molecule has 0 aliphatic carbocycles. The summed E-state index contributed by atoms with van der Waals surface area (Å²) in [4.78, 5) is 26.5. The van der Waals surface area contributed by atoms with Crippen LogP contribution in [0.2, 0.25) is 0 Å². The van der Waals surface area contributed by atoms with E-state index in [9.17, 15) is 14.9 Å². The summed E-state index contributed by atoms with van der Waals surface area (Å²) in [7, 11) is 1.38. The molecule has 0 saturated carbocycles. The second-order valence-electron chi connectivity index (χ2n) is 3.98. The fourth-order valence-corrected chi connectivity index (χ4v) is 1.59. The van der Waals surface area contributed by atoms with Crippen LogP contribution in [-0.2, 0) is 11.9 Å². The third kappa shape index (κ3) is 3.03. The number of carbonyl (C=O) groups is 1. The van der Waals surface area contributed by atoms with Crippen molar-refractivity contribution in [1.82, 2.24) is 9.78 Å². The maximum Gasteiger partial charge on any atom is 0.390 e. The van der Waals surface area contributed by atoms with Crippen molar-refractivity contribution in [3.05, 3.63) is 57.9 Å². The van der Waals surface area contributed by atoms with Gasteiger partial charge in [-0.3, -0.25) is 14.8 Å². The van der Waals surface area contributed by atoms with Gasteiger partial charge >= 0.3 is 11.7 Å². The Balaban J connectivity index is 2.20. The summed E-state index contributed by atoms with van der Waals surface area (Å²) in [6.45, 7) is 0. The van der Waals surface area contributed by atoms with Crippen LogP contribution in [0, 0.1) is 10.1 Å². The third-order valence-corrected chi connectivity index (χ3v) is 2.61. The number of nitrogens with two attached hydrogens (primary N) is 1. The molecule has 0 radical (unpaired) electrons. The van der Waals surface area contributed by atoms with Crippen LogP contribution in [0.5, 0.6) is 0 Å². The second-order valence-corrected chi connectivity index (χ2v) is 3.98. The zero-order valence-electron chi connectivity index (χ0n) is 11.0. The molecule has 9 heteroatoms. The van der Waals surface area contributed by atoms with Gasteiger partial charge in [0.15, 0.2) is 5.84 Å². The first kappa shape index (κ1) is 14.2. The molecule has 2 aromatic rings. The highest BCUT2D eigenvalue weighted by atomic mass is 16.7. The molecule has 0 unspecified atom stereocenters. The van der Waals surface area contributed by atoms with Crippen LogP contribution in [0.3, 0.4) is 0 Å². The quantitative estimate of drug-likeness (QED) is 0.292. The molecule has 0 spiro atoms. The number of nitro groups is 1. The van der Waals surface area contributed by atoms with Crippen molar-refractivity contribution in [2.75, 3.05) is 0 Å². The third-order valence-electron chi connectivity index (χ3n) is 2.61. The fraction of sp³-hybridized carbons (Fsp3) is 0.0833. The Bertz CT molecular complexity index is 708. The molecule has 0 fully saturated rings. The maximum absolute atomic E-state index is 11.8. The molecule has 9 nitrogen and oxygen atoms in total. The Morgan fingerprint density at radius 1 is 1.43 bits per heavy atom. The largest absolute Gasteiger partial charge is 0.390 e. The fourth-order valence-electron chi connectivity index (χ4n) is 1.59. The first-order valence-corrected chi connectivity index (χ1v) is 5.77. The van der Waals surface area contributed by atoms with Gasteiger partial charge in [-0.1, -0.05) is 35.5 Å². The van der Waals surface area contributed by atoms with Gasteiger partial charge in [-0.05, 0) is 0 Å². The van der Waals surface area contributed by atoms with E-state index in [1.807, 2.05) is 0 Å². The Labute approximate surface area is 118 Å². The van der Waals surface area contributed by atoms with E-state index in [0.717, 1.165) is 10.9 Å². The number of aromatic nitrogens is 2. The van der Waals surface area contributed by atoms with Crippen LogP contribution in [0.4, 0.5) is 5.69 Å². The van der Waals surface area contributed by atoms with E-state index in [1.54, 1.807) is 30.3 Å². The van der Waals surface area contributed by atoms with E-state index in [0.29, 0.717) is 5.56 Å². The molecule has 2 N–H and O–H groups in total. The van der Waals surface area contributed by atoms with Crippen molar-refractivity contribution in [2.45, 2.75) is 0 Å². The zero-order chi connectivity index (χ0) is 15.4. The summed E-state index contributed by atoms with van der Waals surface area (Å²) in [5.74, 6) is -1.03. The lowest BCUT2D eigenvalue weighted by Gasteiger charge is -2.01. The lowest BCUT2D eigenvalue weighted by molar-refractivity contribution is -0.385. The minimum absolute atomic E-state index is 0.0197. The number of aryl methyl sites for hydroxylation is 1. The van der Waals surface area contributed by atoms with Gasteiger partial charge in [-0.15, -0.1) is 0 Å². The molecule has 0 aliphatic rings. The van der Waals surface area contributed by atoms with Gasteiger partial charge in [-0.2, -0.15) is 5.10 Å². The normalized spacial score (nSPS) is 11.2. The van der Waals surface area contributed by atoms with Gasteiger partial charge in [0.25, 0.3) is 0 Å². The van der Waals surface area contributed by atoms with Crippen molar-refractivity contribution >= 4 is 17.5 Å². The van der Waals surface area contributed by atoms with E-state index in [2.05, 4.69) is 15.1 Å². The Kier molecular flexibility index (Phi) is 3.93. The van der Waals surface area contributed by atoms with Crippen molar-refractivity contribution in [1.29, 1.82) is 0 Å². The summed E-state index contributed by atoms with van der Waals surface area (Å²) >= 11 is 0. The first-order chi connectivity index (χ1) is 10.0. The standard InChI is InChI=1S/C12H11N5O4/c1-16-10(9(7-14-16)17(19)20)12(18)21-15-11(13)8-5-3-2-4-6-8/h2-7H,1H3,(H2,13,15). The lowest BCUT2D eigenvalue weighted by atomic mass is 10.2. The highest BCUT2D eigenvalue weighted by Crippen LogP contribution is 2.17. The van der Waals surface area contributed by atoms with Gasteiger partial charge in [-0.25, -0.2) is 4.79 Å². The smallest absolute Gasteiger partial charge is 0.380 e. The molecular formula is C12H11N5O4. The molecule has 1 aromatic heterocycles. The Hall–Kier alpha value is -3.23. The SMILES string of the molecule is Cn1ncc([N+](=O)[O-])c1C(=O)O/N=C(\N)c1ccccc1.